The minimum atomic E-state index is 0.515. The summed E-state index contributed by atoms with van der Waals surface area (Å²) in [4.78, 5) is 4.90. The normalized spacial score (nSPS) is 10.6. The number of benzene rings is 3. The van der Waals surface area contributed by atoms with Crippen molar-refractivity contribution in [2.75, 3.05) is 32.0 Å². The predicted molar refractivity (Wildman–Crippen MR) is 159 cm³/mol. The van der Waals surface area contributed by atoms with Gasteiger partial charge < -0.3 is 30.3 Å². The Balaban J connectivity index is 1.58. The van der Waals surface area contributed by atoms with Gasteiger partial charge in [-0.05, 0) is 72.1 Å². The van der Waals surface area contributed by atoms with Gasteiger partial charge in [0, 0.05) is 41.7 Å². The van der Waals surface area contributed by atoms with E-state index in [1.54, 1.807) is 21.3 Å². The average molecular weight is 545 g/mol. The van der Waals surface area contributed by atoms with Crippen LogP contribution >= 0.6 is 11.6 Å². The smallest absolute Gasteiger partial charge is 0.136 e. The number of anilines is 2. The van der Waals surface area contributed by atoms with E-state index in [2.05, 4.69) is 10.6 Å². The second-order valence-electron chi connectivity index (χ2n) is 8.90. The molecule has 0 spiro atoms. The van der Waals surface area contributed by atoms with Gasteiger partial charge in [0.25, 0.3) is 0 Å². The molecule has 4 aromatic rings. The topological polar surface area (TPSA) is 88.5 Å². The molecule has 3 N–H and O–H groups in total. The number of rotatable bonds is 12. The molecular weight excluding hydrogens is 512 g/mol. The first-order valence-electron chi connectivity index (χ1n) is 12.7. The van der Waals surface area contributed by atoms with Crippen molar-refractivity contribution >= 4 is 28.8 Å². The minimum Gasteiger partial charge on any atom is -0.497 e. The lowest BCUT2D eigenvalue weighted by Gasteiger charge is -2.15. The van der Waals surface area contributed by atoms with Gasteiger partial charge in [-0.15, -0.1) is 0 Å². The summed E-state index contributed by atoms with van der Waals surface area (Å²) < 4.78 is 16.0. The van der Waals surface area contributed by atoms with Crippen molar-refractivity contribution in [3.05, 3.63) is 94.5 Å². The van der Waals surface area contributed by atoms with Gasteiger partial charge in [0.1, 0.15) is 23.1 Å². The first-order valence-corrected chi connectivity index (χ1v) is 13.0. The quantitative estimate of drug-likeness (QED) is 0.161. The Bertz CT molecular complexity index is 1420. The SMILES string of the molecule is CCC(=N)c1ccc(-c2cc(NCc3cc(OC)cc(OC)c3)ccc2Cl)nc1NCc1ccc(OC)cc1. The van der Waals surface area contributed by atoms with E-state index in [1.807, 2.05) is 79.7 Å². The first-order chi connectivity index (χ1) is 18.9. The second kappa shape index (κ2) is 13.0. The summed E-state index contributed by atoms with van der Waals surface area (Å²) >= 11 is 6.64. The van der Waals surface area contributed by atoms with Gasteiger partial charge in [0.05, 0.1) is 32.0 Å². The molecule has 3 aromatic carbocycles. The molecule has 0 aliphatic carbocycles. The Morgan fingerprint density at radius 1 is 0.769 bits per heavy atom. The number of ether oxygens (including phenoxy) is 3. The number of methoxy groups -OCH3 is 3. The highest BCUT2D eigenvalue weighted by Crippen LogP contribution is 2.32. The fraction of sp³-hybridized carbons (Fsp3) is 0.226. The van der Waals surface area contributed by atoms with Crippen LogP contribution in [-0.2, 0) is 13.1 Å². The van der Waals surface area contributed by atoms with E-state index in [9.17, 15) is 0 Å². The molecule has 1 heterocycles. The summed E-state index contributed by atoms with van der Waals surface area (Å²) in [5.74, 6) is 2.92. The van der Waals surface area contributed by atoms with Crippen LogP contribution in [0.5, 0.6) is 17.2 Å². The van der Waals surface area contributed by atoms with Crippen molar-refractivity contribution in [3.8, 4) is 28.5 Å². The van der Waals surface area contributed by atoms with Gasteiger partial charge in [0.2, 0.25) is 0 Å². The maximum absolute atomic E-state index is 8.45. The van der Waals surface area contributed by atoms with Crippen LogP contribution in [0.4, 0.5) is 11.5 Å². The maximum atomic E-state index is 8.45. The zero-order valence-corrected chi connectivity index (χ0v) is 23.4. The zero-order chi connectivity index (χ0) is 27.8. The molecule has 0 aliphatic heterocycles. The Morgan fingerprint density at radius 3 is 2.08 bits per heavy atom. The van der Waals surface area contributed by atoms with Crippen LogP contribution in [0, 0.1) is 5.41 Å². The van der Waals surface area contributed by atoms with Crippen molar-refractivity contribution in [1.29, 1.82) is 5.41 Å². The van der Waals surface area contributed by atoms with E-state index >= 15 is 0 Å². The van der Waals surface area contributed by atoms with Gasteiger partial charge in [-0.25, -0.2) is 4.98 Å². The lowest BCUT2D eigenvalue weighted by atomic mass is 10.1. The number of hydrogen-bond acceptors (Lipinski definition) is 7. The molecule has 0 aliphatic rings. The first kappa shape index (κ1) is 27.8. The van der Waals surface area contributed by atoms with Gasteiger partial charge in [0.15, 0.2) is 0 Å². The number of halogens is 1. The third-order valence-electron chi connectivity index (χ3n) is 6.34. The molecule has 0 amide bonds. The third-order valence-corrected chi connectivity index (χ3v) is 6.67. The monoisotopic (exact) mass is 544 g/mol. The summed E-state index contributed by atoms with van der Waals surface area (Å²) in [6.45, 7) is 3.10. The molecule has 8 heteroatoms. The Labute approximate surface area is 234 Å². The summed E-state index contributed by atoms with van der Waals surface area (Å²) in [6, 6.07) is 23.3. The molecule has 0 radical (unpaired) electrons. The standard InChI is InChI=1S/C31H33ClN4O3/c1-5-29(33)26-11-13-30(36-31(26)35-18-20-6-9-23(37-2)10-7-20)27-16-22(8-12-28(27)32)34-19-21-14-24(38-3)17-25(15-21)39-4/h6-17,33-34H,5,18-19H2,1-4H3,(H,35,36). The van der Waals surface area contributed by atoms with E-state index in [4.69, 9.17) is 36.2 Å². The molecule has 7 nitrogen and oxygen atoms in total. The van der Waals surface area contributed by atoms with Crippen LogP contribution < -0.4 is 24.8 Å². The molecule has 0 unspecified atom stereocenters. The number of hydrogen-bond donors (Lipinski definition) is 3. The van der Waals surface area contributed by atoms with Crippen LogP contribution in [0.25, 0.3) is 11.3 Å². The second-order valence-corrected chi connectivity index (χ2v) is 9.30. The fourth-order valence-corrected chi connectivity index (χ4v) is 4.33. The predicted octanol–water partition coefficient (Wildman–Crippen LogP) is 7.43. The van der Waals surface area contributed by atoms with Gasteiger partial charge in [-0.2, -0.15) is 0 Å². The van der Waals surface area contributed by atoms with Gasteiger partial charge in [-0.3, -0.25) is 0 Å². The summed E-state index contributed by atoms with van der Waals surface area (Å²) in [5.41, 5.74) is 5.80. The minimum absolute atomic E-state index is 0.515. The highest BCUT2D eigenvalue weighted by Gasteiger charge is 2.14. The summed E-state index contributed by atoms with van der Waals surface area (Å²) in [6.07, 6.45) is 0.605. The number of aromatic nitrogens is 1. The van der Waals surface area contributed by atoms with Crippen molar-refractivity contribution < 1.29 is 14.2 Å². The number of nitrogens with zero attached hydrogens (tertiary/aromatic N) is 1. The van der Waals surface area contributed by atoms with Crippen LogP contribution in [0.15, 0.2) is 72.8 Å². The molecule has 0 saturated carbocycles. The molecule has 39 heavy (non-hydrogen) atoms. The van der Waals surface area contributed by atoms with Crippen LogP contribution in [-0.4, -0.2) is 32.0 Å². The molecule has 4 rings (SSSR count). The van der Waals surface area contributed by atoms with Crippen molar-refractivity contribution in [3.63, 3.8) is 0 Å². The van der Waals surface area contributed by atoms with Crippen molar-refractivity contribution in [2.45, 2.75) is 26.4 Å². The summed E-state index contributed by atoms with van der Waals surface area (Å²) in [7, 11) is 4.92. The highest BCUT2D eigenvalue weighted by molar-refractivity contribution is 6.33. The Morgan fingerprint density at radius 2 is 1.44 bits per heavy atom. The highest BCUT2D eigenvalue weighted by atomic mass is 35.5. The van der Waals surface area contributed by atoms with Crippen molar-refractivity contribution in [1.82, 2.24) is 4.98 Å². The molecule has 1 aromatic heterocycles. The van der Waals surface area contributed by atoms with E-state index in [-0.39, 0.29) is 0 Å². The third kappa shape index (κ3) is 7.00. The van der Waals surface area contributed by atoms with Crippen molar-refractivity contribution in [2.24, 2.45) is 0 Å². The number of pyridine rings is 1. The van der Waals surface area contributed by atoms with Crippen LogP contribution in [0.2, 0.25) is 5.02 Å². The Kier molecular flexibility index (Phi) is 9.28. The van der Waals surface area contributed by atoms with Crippen LogP contribution in [0.1, 0.15) is 30.0 Å². The Hall–Kier alpha value is -4.23. The van der Waals surface area contributed by atoms with E-state index < -0.39 is 0 Å². The van der Waals surface area contributed by atoms with E-state index in [0.717, 1.165) is 50.9 Å². The zero-order valence-electron chi connectivity index (χ0n) is 22.6. The maximum Gasteiger partial charge on any atom is 0.136 e. The molecular formula is C31H33ClN4O3. The van der Waals surface area contributed by atoms with Gasteiger partial charge in [-0.1, -0.05) is 30.7 Å². The lowest BCUT2D eigenvalue weighted by Crippen LogP contribution is -2.09. The summed E-state index contributed by atoms with van der Waals surface area (Å²) in [5, 5.41) is 15.9. The van der Waals surface area contributed by atoms with Crippen LogP contribution in [0.3, 0.4) is 0 Å². The largest absolute Gasteiger partial charge is 0.497 e. The molecule has 0 fully saturated rings. The van der Waals surface area contributed by atoms with Gasteiger partial charge >= 0.3 is 0 Å². The fourth-order valence-electron chi connectivity index (χ4n) is 4.11. The molecule has 202 valence electrons. The van der Waals surface area contributed by atoms with E-state index in [1.165, 1.54) is 0 Å². The number of nitrogens with one attached hydrogen (secondary N) is 3. The average Bonchev–Trinajstić information content (AvgIpc) is 2.99. The lowest BCUT2D eigenvalue weighted by molar-refractivity contribution is 0.393. The molecule has 0 bridgehead atoms. The molecule has 0 atom stereocenters. The molecule has 0 saturated heterocycles. The van der Waals surface area contributed by atoms with E-state index in [0.29, 0.717) is 36.1 Å².